The van der Waals surface area contributed by atoms with Crippen LogP contribution in [0.3, 0.4) is 0 Å². The van der Waals surface area contributed by atoms with Crippen molar-refractivity contribution in [2.75, 3.05) is 0 Å². The summed E-state index contributed by atoms with van der Waals surface area (Å²) in [6.07, 6.45) is 0. The molecule has 0 fully saturated rings. The number of H-pyrrole nitrogens is 1. The summed E-state index contributed by atoms with van der Waals surface area (Å²) in [5.41, 5.74) is 6.27. The van der Waals surface area contributed by atoms with E-state index in [2.05, 4.69) is 37.0 Å². The maximum Gasteiger partial charge on any atom is 0.252 e. The van der Waals surface area contributed by atoms with E-state index in [1.807, 2.05) is 12.1 Å². The van der Waals surface area contributed by atoms with Crippen LogP contribution in [0.1, 0.15) is 21.5 Å². The predicted molar refractivity (Wildman–Crippen MR) is 83.4 cm³/mol. The fourth-order valence-corrected chi connectivity index (χ4v) is 2.47. The zero-order chi connectivity index (χ0) is 14.3. The second-order valence-electron chi connectivity index (χ2n) is 5.06. The topological polar surface area (TPSA) is 32.9 Å². The highest BCUT2D eigenvalue weighted by atomic mass is 35.5. The highest BCUT2D eigenvalue weighted by Gasteiger charge is 2.06. The van der Waals surface area contributed by atoms with Gasteiger partial charge < -0.3 is 4.98 Å². The van der Waals surface area contributed by atoms with Gasteiger partial charge in [-0.25, -0.2) is 0 Å². The van der Waals surface area contributed by atoms with Gasteiger partial charge in [-0.15, -0.1) is 0 Å². The Morgan fingerprint density at radius 3 is 2.30 bits per heavy atom. The standard InChI is InChI=1S/C17H14ClNO/c1-10-7-14-9-16(19-15(14)8-11(10)2)12-3-5-13(6-4-12)17(18)20/h3-9,19H,1-2H3. The van der Waals surface area contributed by atoms with Crippen molar-refractivity contribution in [2.24, 2.45) is 0 Å². The molecule has 0 unspecified atom stereocenters. The smallest absolute Gasteiger partial charge is 0.252 e. The lowest BCUT2D eigenvalue weighted by Crippen LogP contribution is -1.87. The number of halogens is 1. The molecular weight excluding hydrogens is 270 g/mol. The van der Waals surface area contributed by atoms with E-state index >= 15 is 0 Å². The predicted octanol–water partition coefficient (Wildman–Crippen LogP) is 4.83. The molecule has 0 aliphatic rings. The summed E-state index contributed by atoms with van der Waals surface area (Å²) in [5.74, 6) is 0. The number of aromatic nitrogens is 1. The summed E-state index contributed by atoms with van der Waals surface area (Å²) in [4.78, 5) is 14.5. The highest BCUT2D eigenvalue weighted by molar-refractivity contribution is 6.67. The van der Waals surface area contributed by atoms with Crippen LogP contribution < -0.4 is 0 Å². The van der Waals surface area contributed by atoms with E-state index in [0.29, 0.717) is 5.56 Å². The second-order valence-corrected chi connectivity index (χ2v) is 5.40. The lowest BCUT2D eigenvalue weighted by molar-refractivity contribution is 0.108. The molecule has 2 nitrogen and oxygen atoms in total. The van der Waals surface area contributed by atoms with Gasteiger partial charge in [0.25, 0.3) is 5.24 Å². The van der Waals surface area contributed by atoms with Gasteiger partial charge in [-0.3, -0.25) is 4.79 Å². The van der Waals surface area contributed by atoms with Crippen molar-refractivity contribution in [3.63, 3.8) is 0 Å². The third-order valence-electron chi connectivity index (χ3n) is 3.66. The van der Waals surface area contributed by atoms with Gasteiger partial charge in [0, 0.05) is 22.2 Å². The molecule has 0 bridgehead atoms. The number of nitrogens with one attached hydrogen (secondary N) is 1. The first-order chi connectivity index (χ1) is 9.54. The number of fused-ring (bicyclic) bond motifs is 1. The Balaban J connectivity index is 2.07. The molecule has 0 saturated heterocycles. The molecule has 0 saturated carbocycles. The molecule has 0 radical (unpaired) electrons. The van der Waals surface area contributed by atoms with Crippen LogP contribution in [0.15, 0.2) is 42.5 Å². The molecule has 0 amide bonds. The molecule has 3 aromatic rings. The van der Waals surface area contributed by atoms with E-state index in [1.165, 1.54) is 16.5 Å². The minimum Gasteiger partial charge on any atom is -0.355 e. The van der Waals surface area contributed by atoms with E-state index < -0.39 is 5.24 Å². The number of hydrogen-bond donors (Lipinski definition) is 1. The maximum atomic E-state index is 11.1. The Kier molecular flexibility index (Phi) is 3.11. The molecule has 3 heteroatoms. The quantitative estimate of drug-likeness (QED) is 0.671. The Bertz CT molecular complexity index is 761. The van der Waals surface area contributed by atoms with Gasteiger partial charge >= 0.3 is 0 Å². The lowest BCUT2D eigenvalue weighted by atomic mass is 10.1. The molecule has 3 rings (SSSR count). The summed E-state index contributed by atoms with van der Waals surface area (Å²) in [6, 6.07) is 13.8. The molecule has 0 aliphatic carbocycles. The van der Waals surface area contributed by atoms with Gasteiger partial charge in [-0.05, 0) is 72.5 Å². The molecule has 2 aromatic carbocycles. The zero-order valence-corrected chi connectivity index (χ0v) is 12.1. The van der Waals surface area contributed by atoms with Crippen LogP contribution in [0, 0.1) is 13.8 Å². The van der Waals surface area contributed by atoms with Crippen molar-refractivity contribution in [2.45, 2.75) is 13.8 Å². The fourth-order valence-electron chi connectivity index (χ4n) is 2.34. The van der Waals surface area contributed by atoms with E-state index in [4.69, 9.17) is 11.6 Å². The Morgan fingerprint density at radius 2 is 1.65 bits per heavy atom. The molecular formula is C17H14ClNO. The van der Waals surface area contributed by atoms with Crippen LogP contribution in [0.5, 0.6) is 0 Å². The van der Waals surface area contributed by atoms with E-state index in [1.54, 1.807) is 12.1 Å². The van der Waals surface area contributed by atoms with Crippen LogP contribution in [0.25, 0.3) is 22.2 Å². The number of carbonyl (C=O) groups is 1. The summed E-state index contributed by atoms with van der Waals surface area (Å²) in [5, 5.41) is 0.764. The normalized spacial score (nSPS) is 10.9. The number of aromatic amines is 1. The SMILES string of the molecule is Cc1cc2cc(-c3ccc(C(=O)Cl)cc3)[nH]c2cc1C. The largest absolute Gasteiger partial charge is 0.355 e. The van der Waals surface area contributed by atoms with Crippen molar-refractivity contribution >= 4 is 27.7 Å². The zero-order valence-electron chi connectivity index (χ0n) is 11.3. The third-order valence-corrected chi connectivity index (χ3v) is 3.88. The molecule has 1 aromatic heterocycles. The first-order valence-electron chi connectivity index (χ1n) is 6.45. The molecule has 20 heavy (non-hydrogen) atoms. The molecule has 0 spiro atoms. The van der Waals surface area contributed by atoms with E-state index in [0.717, 1.165) is 16.8 Å². The first-order valence-corrected chi connectivity index (χ1v) is 6.82. The monoisotopic (exact) mass is 283 g/mol. The van der Waals surface area contributed by atoms with Gasteiger partial charge in [-0.2, -0.15) is 0 Å². The number of benzene rings is 2. The van der Waals surface area contributed by atoms with Crippen molar-refractivity contribution in [3.8, 4) is 11.3 Å². The number of hydrogen-bond acceptors (Lipinski definition) is 1. The Labute approximate surface area is 122 Å². The molecule has 0 atom stereocenters. The average molecular weight is 284 g/mol. The van der Waals surface area contributed by atoms with Crippen LogP contribution >= 0.6 is 11.6 Å². The fraction of sp³-hybridized carbons (Fsp3) is 0.118. The number of aryl methyl sites for hydroxylation is 2. The molecule has 0 aliphatic heterocycles. The summed E-state index contributed by atoms with van der Waals surface area (Å²) < 4.78 is 0. The number of rotatable bonds is 2. The van der Waals surface area contributed by atoms with Gasteiger partial charge in [0.2, 0.25) is 0 Å². The third kappa shape index (κ3) is 2.23. The minimum absolute atomic E-state index is 0.431. The van der Waals surface area contributed by atoms with E-state index in [-0.39, 0.29) is 0 Å². The van der Waals surface area contributed by atoms with Crippen LogP contribution in [-0.4, -0.2) is 10.2 Å². The van der Waals surface area contributed by atoms with Crippen LogP contribution in [0.2, 0.25) is 0 Å². The van der Waals surface area contributed by atoms with Crippen LogP contribution in [0.4, 0.5) is 0 Å². The highest BCUT2D eigenvalue weighted by Crippen LogP contribution is 2.26. The van der Waals surface area contributed by atoms with Crippen molar-refractivity contribution in [3.05, 3.63) is 59.2 Å². The molecule has 100 valence electrons. The van der Waals surface area contributed by atoms with Gasteiger partial charge in [0.1, 0.15) is 0 Å². The second kappa shape index (κ2) is 4.80. The number of carbonyl (C=O) groups excluding carboxylic acids is 1. The summed E-state index contributed by atoms with van der Waals surface area (Å²) >= 11 is 5.45. The minimum atomic E-state index is -0.431. The van der Waals surface area contributed by atoms with Crippen molar-refractivity contribution in [1.29, 1.82) is 0 Å². The van der Waals surface area contributed by atoms with Gasteiger partial charge in [-0.1, -0.05) is 12.1 Å². The summed E-state index contributed by atoms with van der Waals surface area (Å²) in [6.45, 7) is 4.22. The Hall–Kier alpha value is -2.06. The average Bonchev–Trinajstić information content (AvgIpc) is 2.82. The van der Waals surface area contributed by atoms with E-state index in [9.17, 15) is 4.79 Å². The molecule has 1 N–H and O–H groups in total. The maximum absolute atomic E-state index is 11.1. The van der Waals surface area contributed by atoms with Crippen molar-refractivity contribution in [1.82, 2.24) is 4.98 Å². The van der Waals surface area contributed by atoms with Crippen LogP contribution in [-0.2, 0) is 0 Å². The Morgan fingerprint density at radius 1 is 1.00 bits per heavy atom. The van der Waals surface area contributed by atoms with Gasteiger partial charge in [0.15, 0.2) is 0 Å². The lowest BCUT2D eigenvalue weighted by Gasteiger charge is -1.99. The van der Waals surface area contributed by atoms with Gasteiger partial charge in [0.05, 0.1) is 0 Å². The van der Waals surface area contributed by atoms with Crippen molar-refractivity contribution < 1.29 is 4.79 Å². The summed E-state index contributed by atoms with van der Waals surface area (Å²) in [7, 11) is 0. The first kappa shape index (κ1) is 12.9. The molecule has 1 heterocycles.